The molecule has 1 fully saturated rings. The Bertz CT molecular complexity index is 570. The first-order valence-electron chi connectivity index (χ1n) is 5.75. The monoisotopic (exact) mass is 305 g/mol. The summed E-state index contributed by atoms with van der Waals surface area (Å²) in [6.45, 7) is 4.78. The lowest BCUT2D eigenvalue weighted by Crippen LogP contribution is -2.52. The molecule has 1 aliphatic rings. The summed E-state index contributed by atoms with van der Waals surface area (Å²) in [5.74, 6) is -0.310. The number of carbonyl (C=O) groups excluding carboxylic acids is 1. The van der Waals surface area contributed by atoms with Crippen molar-refractivity contribution >= 4 is 32.4 Å². The second-order valence-corrected chi connectivity index (χ2v) is 7.26. The fraction of sp³-hybridized carbons (Fsp3) is 0.667. The number of amides is 1. The molecule has 1 aromatic heterocycles. The molecule has 10 heteroatoms. The van der Waals surface area contributed by atoms with Gasteiger partial charge in [-0.05, 0) is 6.92 Å². The quantitative estimate of drug-likeness (QED) is 0.728. The number of aromatic nitrogens is 2. The maximum atomic E-state index is 12.4. The molecule has 2 heterocycles. The molecule has 0 radical (unpaired) electrons. The van der Waals surface area contributed by atoms with Gasteiger partial charge < -0.3 is 10.6 Å². The van der Waals surface area contributed by atoms with Gasteiger partial charge in [0.05, 0.1) is 0 Å². The summed E-state index contributed by atoms with van der Waals surface area (Å²) in [5, 5.41) is 13.0. The van der Waals surface area contributed by atoms with Crippen molar-refractivity contribution in [3.8, 4) is 0 Å². The third-order valence-corrected chi connectivity index (χ3v) is 5.86. The van der Waals surface area contributed by atoms with E-state index in [0.29, 0.717) is 19.6 Å². The Morgan fingerprint density at radius 2 is 2.26 bits per heavy atom. The van der Waals surface area contributed by atoms with Crippen LogP contribution in [0.5, 0.6) is 0 Å². The smallest absolute Gasteiger partial charge is 0.272 e. The van der Waals surface area contributed by atoms with Gasteiger partial charge in [0.2, 0.25) is 15.4 Å². The van der Waals surface area contributed by atoms with Crippen molar-refractivity contribution < 1.29 is 13.2 Å². The number of rotatable bonds is 3. The van der Waals surface area contributed by atoms with Gasteiger partial charge in [-0.3, -0.25) is 4.79 Å². The van der Waals surface area contributed by atoms with E-state index in [2.05, 4.69) is 20.8 Å². The van der Waals surface area contributed by atoms with Gasteiger partial charge in [-0.2, -0.15) is 4.31 Å². The van der Waals surface area contributed by atoms with Crippen LogP contribution in [0.1, 0.15) is 13.8 Å². The number of nitrogens with zero attached hydrogens (tertiary/aromatic N) is 3. The van der Waals surface area contributed by atoms with Gasteiger partial charge in [0.25, 0.3) is 10.0 Å². The number of nitrogens with one attached hydrogen (secondary N) is 2. The highest BCUT2D eigenvalue weighted by molar-refractivity contribution is 7.91. The van der Waals surface area contributed by atoms with Crippen molar-refractivity contribution in [3.05, 3.63) is 0 Å². The average Bonchev–Trinajstić information content (AvgIpc) is 2.77. The van der Waals surface area contributed by atoms with Crippen LogP contribution in [0.3, 0.4) is 0 Å². The number of carbonyl (C=O) groups is 1. The minimum Gasteiger partial charge on any atom is -0.314 e. The number of anilines is 1. The van der Waals surface area contributed by atoms with E-state index in [-0.39, 0.29) is 21.4 Å². The molecule has 0 aliphatic carbocycles. The SMILES string of the molecule is CC(=O)Nc1nnc(S(=O)(=O)N2CCNC[C@@H]2C)s1. The fourth-order valence-electron chi connectivity index (χ4n) is 1.79. The van der Waals surface area contributed by atoms with Crippen molar-refractivity contribution in [1.29, 1.82) is 0 Å². The molecule has 1 saturated heterocycles. The van der Waals surface area contributed by atoms with Crippen LogP contribution in [-0.2, 0) is 14.8 Å². The predicted molar refractivity (Wildman–Crippen MR) is 70.4 cm³/mol. The van der Waals surface area contributed by atoms with Crippen molar-refractivity contribution in [2.24, 2.45) is 0 Å². The highest BCUT2D eigenvalue weighted by Crippen LogP contribution is 2.24. The van der Waals surface area contributed by atoms with E-state index >= 15 is 0 Å². The lowest BCUT2D eigenvalue weighted by atomic mass is 10.3. The number of piperazine rings is 1. The summed E-state index contributed by atoms with van der Waals surface area (Å²) in [5.41, 5.74) is 0. The third-order valence-electron chi connectivity index (χ3n) is 2.66. The van der Waals surface area contributed by atoms with Crippen LogP contribution < -0.4 is 10.6 Å². The Hall–Kier alpha value is -1.10. The van der Waals surface area contributed by atoms with Gasteiger partial charge in [-0.25, -0.2) is 8.42 Å². The normalized spacial score (nSPS) is 21.3. The van der Waals surface area contributed by atoms with Crippen LogP contribution in [0.25, 0.3) is 0 Å². The number of hydrogen-bond acceptors (Lipinski definition) is 7. The molecule has 19 heavy (non-hydrogen) atoms. The van der Waals surface area contributed by atoms with E-state index in [1.807, 2.05) is 6.92 Å². The minimum absolute atomic E-state index is 0.0926. The summed E-state index contributed by atoms with van der Waals surface area (Å²) in [7, 11) is -3.64. The molecular formula is C9H15N5O3S2. The fourth-order valence-corrected chi connectivity index (χ4v) is 4.49. The van der Waals surface area contributed by atoms with Crippen molar-refractivity contribution in [2.45, 2.75) is 24.2 Å². The summed E-state index contributed by atoms with van der Waals surface area (Å²) in [6.07, 6.45) is 0. The third kappa shape index (κ3) is 3.08. The summed E-state index contributed by atoms with van der Waals surface area (Å²) >= 11 is 0.860. The topological polar surface area (TPSA) is 104 Å². The van der Waals surface area contributed by atoms with Gasteiger partial charge in [0.15, 0.2) is 0 Å². The van der Waals surface area contributed by atoms with Crippen LogP contribution in [0.2, 0.25) is 0 Å². The lowest BCUT2D eigenvalue weighted by molar-refractivity contribution is -0.114. The van der Waals surface area contributed by atoms with Gasteiger partial charge in [-0.1, -0.05) is 11.3 Å². The second-order valence-electron chi connectivity index (χ2n) is 4.22. The summed E-state index contributed by atoms with van der Waals surface area (Å²) in [6, 6.07) is -0.133. The Morgan fingerprint density at radius 1 is 1.53 bits per heavy atom. The van der Waals surface area contributed by atoms with E-state index < -0.39 is 10.0 Å². The molecule has 2 N–H and O–H groups in total. The standard InChI is InChI=1S/C9H15N5O3S2/c1-6-5-10-3-4-14(6)19(16,17)9-13-12-8(18-9)11-7(2)15/h6,10H,3-5H2,1-2H3,(H,11,12,15)/t6-/m0/s1. The zero-order valence-corrected chi connectivity index (χ0v) is 12.2. The van der Waals surface area contributed by atoms with E-state index in [4.69, 9.17) is 0 Å². The molecule has 1 aromatic rings. The summed E-state index contributed by atoms with van der Waals surface area (Å²) < 4.78 is 26.1. The molecular weight excluding hydrogens is 290 g/mol. The number of hydrogen-bond donors (Lipinski definition) is 2. The maximum Gasteiger partial charge on any atom is 0.272 e. The van der Waals surface area contributed by atoms with Crippen LogP contribution in [0.15, 0.2) is 4.34 Å². The molecule has 1 aliphatic heterocycles. The molecule has 0 saturated carbocycles. The Kier molecular flexibility index (Phi) is 4.13. The molecule has 2 rings (SSSR count). The first-order valence-corrected chi connectivity index (χ1v) is 8.00. The highest BCUT2D eigenvalue weighted by Gasteiger charge is 2.33. The molecule has 0 unspecified atom stereocenters. The van der Waals surface area contributed by atoms with Crippen molar-refractivity contribution in [2.75, 3.05) is 25.0 Å². The van der Waals surface area contributed by atoms with Crippen molar-refractivity contribution in [1.82, 2.24) is 19.8 Å². The largest absolute Gasteiger partial charge is 0.314 e. The zero-order chi connectivity index (χ0) is 14.0. The van der Waals surface area contributed by atoms with Crippen LogP contribution in [0, 0.1) is 0 Å². The summed E-state index contributed by atoms with van der Waals surface area (Å²) in [4.78, 5) is 10.9. The van der Waals surface area contributed by atoms with Gasteiger partial charge in [0, 0.05) is 32.6 Å². The van der Waals surface area contributed by atoms with Crippen LogP contribution in [-0.4, -0.2) is 54.5 Å². The first kappa shape index (κ1) is 14.3. The molecule has 0 spiro atoms. The molecule has 0 aromatic carbocycles. The first-order chi connectivity index (χ1) is 8.91. The van der Waals surface area contributed by atoms with Crippen LogP contribution in [0.4, 0.5) is 5.13 Å². The number of sulfonamides is 1. The zero-order valence-electron chi connectivity index (χ0n) is 10.6. The van der Waals surface area contributed by atoms with E-state index in [0.717, 1.165) is 11.3 Å². The molecule has 1 amide bonds. The van der Waals surface area contributed by atoms with E-state index in [1.165, 1.54) is 11.2 Å². The molecule has 106 valence electrons. The lowest BCUT2D eigenvalue weighted by Gasteiger charge is -2.31. The molecule has 0 bridgehead atoms. The van der Waals surface area contributed by atoms with Gasteiger partial charge in [0.1, 0.15) is 0 Å². The van der Waals surface area contributed by atoms with E-state index in [1.54, 1.807) is 0 Å². The molecule has 1 atom stereocenters. The Labute approximate surface area is 115 Å². The highest BCUT2D eigenvalue weighted by atomic mass is 32.2. The average molecular weight is 305 g/mol. The Balaban J connectivity index is 2.23. The van der Waals surface area contributed by atoms with Gasteiger partial charge in [-0.15, -0.1) is 10.2 Å². The van der Waals surface area contributed by atoms with Crippen LogP contribution >= 0.6 is 11.3 Å². The Morgan fingerprint density at radius 3 is 2.89 bits per heavy atom. The second kappa shape index (κ2) is 5.49. The van der Waals surface area contributed by atoms with Crippen molar-refractivity contribution in [3.63, 3.8) is 0 Å². The minimum atomic E-state index is -3.64. The maximum absolute atomic E-state index is 12.4. The van der Waals surface area contributed by atoms with Gasteiger partial charge >= 0.3 is 0 Å². The predicted octanol–water partition coefficient (Wildman–Crippen LogP) is -0.521. The molecule has 8 nitrogen and oxygen atoms in total. The van der Waals surface area contributed by atoms with E-state index in [9.17, 15) is 13.2 Å².